The van der Waals surface area contributed by atoms with E-state index in [1.54, 1.807) is 18.2 Å². The van der Waals surface area contributed by atoms with Crippen LogP contribution in [0.2, 0.25) is 0 Å². The molecule has 0 heterocycles. The van der Waals surface area contributed by atoms with Crippen molar-refractivity contribution in [3.05, 3.63) is 89.5 Å². The summed E-state index contributed by atoms with van der Waals surface area (Å²) in [6, 6.07) is 21.7. The Labute approximate surface area is 212 Å². The molecule has 0 aliphatic carbocycles. The van der Waals surface area contributed by atoms with Gasteiger partial charge in [0.2, 0.25) is 0 Å². The second-order valence-corrected chi connectivity index (χ2v) is 8.80. The summed E-state index contributed by atoms with van der Waals surface area (Å²) in [5.41, 5.74) is 2.90. The number of aryl methyl sites for hydroxylation is 2. The van der Waals surface area contributed by atoms with Crippen LogP contribution >= 0.6 is 0 Å². The van der Waals surface area contributed by atoms with Gasteiger partial charge in [0.1, 0.15) is 5.75 Å². The number of sulfonamides is 1. The van der Waals surface area contributed by atoms with Gasteiger partial charge >= 0.3 is 0 Å². The van der Waals surface area contributed by atoms with Crippen molar-refractivity contribution in [2.45, 2.75) is 66.2 Å². The molecule has 35 heavy (non-hydrogen) atoms. The van der Waals surface area contributed by atoms with Crippen LogP contribution in [0.15, 0.2) is 77.7 Å². The van der Waals surface area contributed by atoms with Crippen LogP contribution in [-0.2, 0) is 16.4 Å². The molecule has 6 heteroatoms. The van der Waals surface area contributed by atoms with E-state index in [-0.39, 0.29) is 21.9 Å². The minimum Gasteiger partial charge on any atom is -0.497 e. The molecule has 3 aromatic carbocycles. The first-order valence-electron chi connectivity index (χ1n) is 12.1. The number of ether oxygens (including phenoxy) is 1. The molecule has 0 aromatic heterocycles. The van der Waals surface area contributed by atoms with E-state index in [0.29, 0.717) is 5.75 Å². The van der Waals surface area contributed by atoms with E-state index in [2.05, 4.69) is 42.0 Å². The molecule has 0 unspecified atom stereocenters. The van der Waals surface area contributed by atoms with Gasteiger partial charge in [0.05, 0.1) is 17.7 Å². The van der Waals surface area contributed by atoms with Crippen molar-refractivity contribution in [1.29, 1.82) is 0 Å². The van der Waals surface area contributed by atoms with Crippen LogP contribution in [0.5, 0.6) is 5.75 Å². The number of nitrogens with one attached hydrogen (secondary N) is 1. The molecule has 3 aromatic rings. The van der Waals surface area contributed by atoms with Gasteiger partial charge in [0, 0.05) is 5.56 Å². The van der Waals surface area contributed by atoms with E-state index in [1.165, 1.54) is 56.7 Å². The minimum absolute atomic E-state index is 0.142. The van der Waals surface area contributed by atoms with Crippen LogP contribution in [0.4, 0.5) is 5.69 Å². The Bertz CT molecular complexity index is 1090. The molecule has 0 amide bonds. The smallest absolute Gasteiger partial charge is 0.261 e. The predicted octanol–water partition coefficient (Wildman–Crippen LogP) is 7.70. The molecule has 3 rings (SSSR count). The van der Waals surface area contributed by atoms with Gasteiger partial charge in [-0.25, -0.2) is 8.42 Å². The number of Topliss-reactive ketones (excluding diaryl/α,β-unsaturated/α-hetero) is 1. The summed E-state index contributed by atoms with van der Waals surface area (Å²) in [5, 5.41) is 0. The Balaban J connectivity index is 0.000000740. The maximum atomic E-state index is 12.4. The molecule has 5 nitrogen and oxygen atoms in total. The third-order valence-corrected chi connectivity index (χ3v) is 5.94. The number of hydrogen-bond donors (Lipinski definition) is 1. The summed E-state index contributed by atoms with van der Waals surface area (Å²) >= 11 is 0. The summed E-state index contributed by atoms with van der Waals surface area (Å²) in [6.07, 6.45) is 2.45. The maximum absolute atomic E-state index is 12.4. The lowest BCUT2D eigenvalue weighted by atomic mass is 10.1. The Morgan fingerprint density at radius 1 is 0.886 bits per heavy atom. The molecule has 0 bridgehead atoms. The van der Waals surface area contributed by atoms with Crippen molar-refractivity contribution in [2.24, 2.45) is 0 Å². The molecule has 0 fully saturated rings. The van der Waals surface area contributed by atoms with E-state index in [4.69, 9.17) is 4.74 Å². The Kier molecular flexibility index (Phi) is 15.8. The Hall–Kier alpha value is -3.12. The number of rotatable bonds is 7. The summed E-state index contributed by atoms with van der Waals surface area (Å²) in [5.74, 6) is 0.240. The van der Waals surface area contributed by atoms with Crippen molar-refractivity contribution in [3.8, 4) is 5.75 Å². The van der Waals surface area contributed by atoms with Gasteiger partial charge in [-0.05, 0) is 56.2 Å². The highest BCUT2D eigenvalue weighted by molar-refractivity contribution is 7.92. The quantitative estimate of drug-likeness (QED) is 0.338. The minimum atomic E-state index is -3.75. The fourth-order valence-corrected chi connectivity index (χ4v) is 3.96. The fourth-order valence-electron chi connectivity index (χ4n) is 2.89. The third-order valence-electron chi connectivity index (χ3n) is 4.56. The zero-order valence-corrected chi connectivity index (χ0v) is 23.2. The summed E-state index contributed by atoms with van der Waals surface area (Å²) < 4.78 is 32.3. The third kappa shape index (κ3) is 11.2. The number of ketones is 1. The lowest BCUT2D eigenvalue weighted by Gasteiger charge is -2.12. The first kappa shape index (κ1) is 31.9. The highest BCUT2D eigenvalue weighted by Crippen LogP contribution is 2.25. The number of carbonyl (C=O) groups is 1. The number of methoxy groups -OCH3 is 1. The van der Waals surface area contributed by atoms with E-state index < -0.39 is 10.0 Å². The molecular weight excluding hydrogens is 458 g/mol. The van der Waals surface area contributed by atoms with Gasteiger partial charge in [-0.15, -0.1) is 0 Å². The molecule has 1 N–H and O–H groups in total. The lowest BCUT2D eigenvalue weighted by molar-refractivity contribution is 0.101. The summed E-state index contributed by atoms with van der Waals surface area (Å²) in [7, 11) is -2.27. The SMILES string of the molecule is CC.CC.CCCc1ccccc1.COc1ccc(NS(=O)(=O)c2ccc(C)cc2)c(C(C)=O)c1. The van der Waals surface area contributed by atoms with Crippen molar-refractivity contribution in [1.82, 2.24) is 0 Å². The van der Waals surface area contributed by atoms with Crippen molar-refractivity contribution >= 4 is 21.5 Å². The summed E-state index contributed by atoms with van der Waals surface area (Å²) in [4.78, 5) is 11.9. The second-order valence-electron chi connectivity index (χ2n) is 7.12. The second kappa shape index (κ2) is 17.3. The van der Waals surface area contributed by atoms with Crippen LogP contribution < -0.4 is 9.46 Å². The van der Waals surface area contributed by atoms with Gasteiger partial charge in [0.15, 0.2) is 5.78 Å². The molecule has 192 valence electrons. The molecule has 0 aliphatic rings. The van der Waals surface area contributed by atoms with E-state index in [1.807, 2.05) is 34.6 Å². The van der Waals surface area contributed by atoms with Crippen LogP contribution in [0.3, 0.4) is 0 Å². The van der Waals surface area contributed by atoms with Crippen LogP contribution in [-0.4, -0.2) is 21.3 Å². The average molecular weight is 500 g/mol. The largest absolute Gasteiger partial charge is 0.497 e. The van der Waals surface area contributed by atoms with Crippen LogP contribution in [0.1, 0.15) is 69.4 Å². The van der Waals surface area contributed by atoms with Crippen molar-refractivity contribution < 1.29 is 17.9 Å². The number of carbonyl (C=O) groups excluding carboxylic acids is 1. The molecule has 0 atom stereocenters. The maximum Gasteiger partial charge on any atom is 0.261 e. The Morgan fingerprint density at radius 2 is 1.46 bits per heavy atom. The normalized spacial score (nSPS) is 9.71. The highest BCUT2D eigenvalue weighted by Gasteiger charge is 2.17. The van der Waals surface area contributed by atoms with Gasteiger partial charge in [-0.1, -0.05) is 89.1 Å². The molecule has 0 saturated heterocycles. The zero-order chi connectivity index (χ0) is 26.9. The molecule has 0 radical (unpaired) electrons. The molecule has 0 spiro atoms. The summed E-state index contributed by atoms with van der Waals surface area (Å²) in [6.45, 7) is 13.5. The average Bonchev–Trinajstić information content (AvgIpc) is 2.88. The van der Waals surface area contributed by atoms with Crippen molar-refractivity contribution in [3.63, 3.8) is 0 Å². The molecular formula is C29H41NO4S. The molecule has 0 aliphatic heterocycles. The van der Waals surface area contributed by atoms with E-state index in [0.717, 1.165) is 5.56 Å². The van der Waals surface area contributed by atoms with Crippen LogP contribution in [0, 0.1) is 6.92 Å². The molecule has 0 saturated carbocycles. The topological polar surface area (TPSA) is 72.5 Å². The highest BCUT2D eigenvalue weighted by atomic mass is 32.2. The number of hydrogen-bond acceptors (Lipinski definition) is 4. The standard InChI is InChI=1S/C16H17NO4S.C9H12.2C2H6/c1-11-4-7-14(8-5-11)22(19,20)17-16-9-6-13(21-3)10-15(16)12(2)18;1-2-6-9-7-4-3-5-8-9;2*1-2/h4-10,17H,1-3H3;3-5,7-8H,2,6H2,1H3;2*1-2H3. The fraction of sp³-hybridized carbons (Fsp3) is 0.345. The lowest BCUT2D eigenvalue weighted by Crippen LogP contribution is -2.15. The number of anilines is 1. The van der Waals surface area contributed by atoms with E-state index in [9.17, 15) is 13.2 Å². The first-order valence-corrected chi connectivity index (χ1v) is 13.6. The van der Waals surface area contributed by atoms with E-state index >= 15 is 0 Å². The van der Waals surface area contributed by atoms with Gasteiger partial charge in [-0.2, -0.15) is 0 Å². The van der Waals surface area contributed by atoms with Gasteiger partial charge in [-0.3, -0.25) is 9.52 Å². The van der Waals surface area contributed by atoms with Crippen LogP contribution in [0.25, 0.3) is 0 Å². The zero-order valence-electron chi connectivity index (χ0n) is 22.4. The Morgan fingerprint density at radius 3 is 1.94 bits per heavy atom. The number of benzene rings is 3. The monoisotopic (exact) mass is 499 g/mol. The predicted molar refractivity (Wildman–Crippen MR) is 148 cm³/mol. The first-order chi connectivity index (χ1) is 16.8. The van der Waals surface area contributed by atoms with Gasteiger partial charge in [0.25, 0.3) is 10.0 Å². The van der Waals surface area contributed by atoms with Gasteiger partial charge < -0.3 is 4.74 Å². The van der Waals surface area contributed by atoms with Crippen molar-refractivity contribution in [2.75, 3.05) is 11.8 Å².